The molecule has 3 aliphatic rings. The molecule has 15 aromatic rings. The first kappa shape index (κ1) is 72.3. The van der Waals surface area contributed by atoms with Crippen molar-refractivity contribution in [1.82, 2.24) is 0 Å². The topological polar surface area (TPSA) is 55.4 Å². The molecule has 0 amide bonds. The van der Waals surface area contributed by atoms with Gasteiger partial charge < -0.3 is 28.4 Å². The minimum Gasteiger partial charge on any atom is -0.496 e. The average molecular weight is 1490 g/mol. The Bertz CT molecular complexity index is 5980. The Morgan fingerprint density at radius 1 is 0.252 bits per heavy atom. The van der Waals surface area contributed by atoms with Crippen molar-refractivity contribution in [3.63, 3.8) is 0 Å². The first-order valence-corrected chi connectivity index (χ1v) is 39.1. The minimum atomic E-state index is -0.860. The van der Waals surface area contributed by atoms with Crippen LogP contribution in [0.5, 0.6) is 17.2 Å². The van der Waals surface area contributed by atoms with E-state index in [2.05, 4.69) is 381 Å². The Kier molecular flexibility index (Phi) is 19.4. The zero-order valence-corrected chi connectivity index (χ0v) is 65.1. The highest BCUT2D eigenvalue weighted by atomic mass is 16.5. The normalized spacial score (nSPS) is 16.4. The Hall–Kier alpha value is -14.2. The lowest BCUT2D eigenvalue weighted by Crippen LogP contribution is -2.32. The van der Waals surface area contributed by atoms with E-state index in [9.17, 15) is 0 Å². The Morgan fingerprint density at radius 2 is 0.496 bits per heavy atom. The molecule has 554 valence electrons. The highest BCUT2D eigenvalue weighted by Gasteiger charge is 2.47. The van der Waals surface area contributed by atoms with Crippen molar-refractivity contribution < 1.29 is 28.4 Å². The van der Waals surface area contributed by atoms with Gasteiger partial charge in [-0.15, -0.1) is 17.8 Å². The number of rotatable bonds is 18. The van der Waals surface area contributed by atoms with Gasteiger partial charge in [0.15, 0.2) is 0 Å². The third-order valence-corrected chi connectivity index (χ3v) is 23.6. The predicted octanol–water partition coefficient (Wildman–Crippen LogP) is 24.1. The maximum Gasteiger partial charge on any atom is 0.149 e. The number of fused-ring (bicyclic) bond motifs is 9. The molecule has 3 unspecified atom stereocenters. The largest absolute Gasteiger partial charge is 0.496 e. The molecule has 6 nitrogen and oxygen atoms in total. The fourth-order valence-electron chi connectivity index (χ4n) is 18.5. The molecule has 0 fully saturated rings. The Labute approximate surface area is 673 Å². The van der Waals surface area contributed by atoms with E-state index in [1.807, 2.05) is 20.8 Å². The first-order chi connectivity index (χ1) is 56.7. The molecule has 0 heterocycles. The van der Waals surface area contributed by atoms with Crippen LogP contribution in [0.1, 0.15) is 144 Å². The van der Waals surface area contributed by atoms with Gasteiger partial charge in [0.2, 0.25) is 0 Å². The molecule has 0 aliphatic heterocycles. The molecule has 3 atom stereocenters. The van der Waals surface area contributed by atoms with Crippen LogP contribution < -0.4 is 14.2 Å². The van der Waals surface area contributed by atoms with Crippen LogP contribution in [0.25, 0.3) is 67.8 Å². The molecule has 0 spiro atoms. The summed E-state index contributed by atoms with van der Waals surface area (Å²) in [5, 5.41) is 6.47. The van der Waals surface area contributed by atoms with Crippen molar-refractivity contribution in [2.45, 2.75) is 42.9 Å². The Balaban J connectivity index is 0.861. The van der Waals surface area contributed by atoms with Gasteiger partial charge in [-0.25, -0.2) is 0 Å². The fraction of sp³-hybridized carbons (Fsp3) is 0.119. The zero-order chi connectivity index (χ0) is 78.0. The second-order valence-corrected chi connectivity index (χ2v) is 29.4. The van der Waals surface area contributed by atoms with Crippen molar-refractivity contribution in [1.29, 1.82) is 0 Å². The summed E-state index contributed by atoms with van der Waals surface area (Å²) in [6.45, 7) is 6.45. The third kappa shape index (κ3) is 12.5. The van der Waals surface area contributed by atoms with Gasteiger partial charge in [0, 0.05) is 22.6 Å². The quantitative estimate of drug-likeness (QED) is 0.0630. The van der Waals surface area contributed by atoms with E-state index >= 15 is 0 Å². The molecule has 0 aromatic heterocycles. The number of benzene rings is 15. The van der Waals surface area contributed by atoms with E-state index in [1.165, 1.54) is 0 Å². The van der Waals surface area contributed by atoms with Crippen LogP contribution in [0.15, 0.2) is 328 Å². The summed E-state index contributed by atoms with van der Waals surface area (Å²) in [7, 11) is 5.33. The summed E-state index contributed by atoms with van der Waals surface area (Å²) >= 11 is 0. The van der Waals surface area contributed by atoms with E-state index in [-0.39, 0.29) is 5.92 Å². The molecule has 15 aromatic carbocycles. The minimum absolute atomic E-state index is 0.303. The van der Waals surface area contributed by atoms with E-state index in [4.69, 9.17) is 28.4 Å². The highest BCUT2D eigenvalue weighted by molar-refractivity contribution is 5.94. The van der Waals surface area contributed by atoms with E-state index < -0.39 is 16.2 Å². The molecule has 6 heteroatoms. The molecule has 115 heavy (non-hydrogen) atoms. The highest BCUT2D eigenvalue weighted by Crippen LogP contribution is 2.57. The molecule has 18 rings (SSSR count). The summed E-state index contributed by atoms with van der Waals surface area (Å²) in [6, 6.07) is 121. The summed E-state index contributed by atoms with van der Waals surface area (Å²) in [5.74, 6) is 22.5. The van der Waals surface area contributed by atoms with Gasteiger partial charge in [0.25, 0.3) is 0 Å². The molecule has 0 bridgehead atoms. The van der Waals surface area contributed by atoms with Crippen molar-refractivity contribution >= 4 is 67.8 Å². The predicted molar refractivity (Wildman–Crippen MR) is 469 cm³/mol. The molecular weight excluding hydrogens is 1410 g/mol. The number of hydrogen-bond acceptors (Lipinski definition) is 6. The van der Waals surface area contributed by atoms with Crippen LogP contribution in [0.4, 0.5) is 0 Å². The number of ether oxygens (including phenoxy) is 6. The van der Waals surface area contributed by atoms with Gasteiger partial charge in [-0.1, -0.05) is 291 Å². The van der Waals surface area contributed by atoms with Crippen LogP contribution in [0.3, 0.4) is 0 Å². The van der Waals surface area contributed by atoms with Crippen LogP contribution in [-0.2, 0) is 30.5 Å². The van der Waals surface area contributed by atoms with Gasteiger partial charge in [0.05, 0.1) is 37.6 Å². The second-order valence-electron chi connectivity index (χ2n) is 29.4. The zero-order valence-electron chi connectivity index (χ0n) is 65.1. The molecule has 0 N–H and O–H groups in total. The summed E-state index contributed by atoms with van der Waals surface area (Å²) in [4.78, 5) is 0. The van der Waals surface area contributed by atoms with Crippen LogP contribution in [-0.4, -0.2) is 41.2 Å². The average Bonchev–Trinajstić information content (AvgIpc) is 0.871. The molecular formula is C109H82O6. The van der Waals surface area contributed by atoms with Gasteiger partial charge in [-0.2, -0.15) is 0 Å². The standard InChI is InChI=1S/C109H82O6/c1-7-10-61-113-91-58-46-76-64-88(55-43-79(76)67-91)107(97-31-19-13-25-82(97)70-103(110-4)94-28-16-22-34-100(94)107)85-49-37-73(38-50-85)106(74-39-51-86(52-40-74)108(89-56-44-80-68-92(114-62-11-8-2)59-47-77(80)65-89)98-32-20-14-26-83(98)71-104(111-5)95-29-17-23-35-101(95)108)75-41-53-87(54-42-75)109(90-57-45-81-69-93(115-63-12-9-3)60-48-78(81)66-90)99-33-21-15-27-84(99)72-105(112-6)96-30-18-24-36-102(96)109/h13-60,64-72,106H,61-63H2,1-6H3. The molecule has 0 radical (unpaired) electrons. The monoisotopic (exact) mass is 1490 g/mol. The first-order valence-electron chi connectivity index (χ1n) is 39.1. The van der Waals surface area contributed by atoms with Crippen LogP contribution in [0, 0.1) is 35.5 Å². The smallest absolute Gasteiger partial charge is 0.149 e. The van der Waals surface area contributed by atoms with Gasteiger partial charge >= 0.3 is 0 Å². The lowest BCUT2D eigenvalue weighted by Gasteiger charge is -2.39. The summed E-state index contributed by atoms with van der Waals surface area (Å²) in [6.07, 6.45) is 6.62. The maximum absolute atomic E-state index is 6.43. The van der Waals surface area contributed by atoms with Crippen LogP contribution >= 0.6 is 0 Å². The third-order valence-electron chi connectivity index (χ3n) is 23.6. The maximum atomic E-state index is 6.43. The van der Waals surface area contributed by atoms with Crippen molar-refractivity contribution in [2.24, 2.45) is 0 Å². The van der Waals surface area contributed by atoms with Gasteiger partial charge in [-0.3, -0.25) is 0 Å². The lowest BCUT2D eigenvalue weighted by molar-refractivity contribution is 0.370. The van der Waals surface area contributed by atoms with Gasteiger partial charge in [-0.05, 0) is 226 Å². The lowest BCUT2D eigenvalue weighted by atomic mass is 9.62. The fourth-order valence-corrected chi connectivity index (χ4v) is 18.5. The van der Waals surface area contributed by atoms with Crippen molar-refractivity contribution in [2.75, 3.05) is 41.2 Å². The van der Waals surface area contributed by atoms with E-state index in [0.29, 0.717) is 19.8 Å². The van der Waals surface area contributed by atoms with E-state index in [0.717, 1.165) is 184 Å². The molecule has 3 aliphatic carbocycles. The second kappa shape index (κ2) is 30.8. The molecule has 0 saturated carbocycles. The van der Waals surface area contributed by atoms with Gasteiger partial charge in [0.1, 0.15) is 54.3 Å². The van der Waals surface area contributed by atoms with E-state index in [1.54, 1.807) is 21.3 Å². The summed E-state index contributed by atoms with van der Waals surface area (Å²) < 4.78 is 37.7. The SMILES string of the molecule is CC#CCOc1ccc2cc(C3(c4ccc(C(c5ccc(C6(c7ccc8cc(OCC#CC)ccc8c7)c7ccccc7C=C(OC)c7ccccc76)cc5)c5ccc(C6(c7ccc8cc(OCC#CC)ccc8c7)c7ccccc7C=C(OC)c7ccccc76)cc5)cc4)c4ccccc4C=C(OC)c4ccccc43)ccc2c1. The summed E-state index contributed by atoms with van der Waals surface area (Å²) in [5.41, 5.74) is 20.4. The van der Waals surface area contributed by atoms with Crippen molar-refractivity contribution in [3.05, 3.63) is 444 Å². The van der Waals surface area contributed by atoms with Crippen LogP contribution in [0.2, 0.25) is 0 Å². The number of hydrogen-bond donors (Lipinski definition) is 0. The molecule has 0 saturated heterocycles. The van der Waals surface area contributed by atoms with Crippen molar-refractivity contribution in [3.8, 4) is 52.8 Å². The number of methoxy groups -OCH3 is 3. The Morgan fingerprint density at radius 3 is 0.774 bits per heavy atom.